The first-order chi connectivity index (χ1) is 10.2. The van der Waals surface area contributed by atoms with Gasteiger partial charge in [-0.1, -0.05) is 70.4 Å². The van der Waals surface area contributed by atoms with Gasteiger partial charge < -0.3 is 10.2 Å². The fraction of sp³-hybridized carbons (Fsp3) is 0.833. The third kappa shape index (κ3) is 15.4. The predicted octanol–water partition coefficient (Wildman–Crippen LogP) is 5.08. The van der Waals surface area contributed by atoms with E-state index >= 15 is 0 Å². The van der Waals surface area contributed by atoms with Gasteiger partial charge in [0.2, 0.25) is 0 Å². The normalized spacial score (nSPS) is 12.9. The van der Waals surface area contributed by atoms with Crippen LogP contribution in [0.4, 0.5) is 0 Å². The van der Waals surface area contributed by atoms with Gasteiger partial charge in [-0.15, -0.1) is 0 Å². The Kier molecular flexibility index (Phi) is 14.9. The van der Waals surface area contributed by atoms with Crippen LogP contribution in [0, 0.1) is 0 Å². The summed E-state index contributed by atoms with van der Waals surface area (Å²) in [5.41, 5.74) is 0. The second-order valence-electron chi connectivity index (χ2n) is 5.87. The summed E-state index contributed by atoms with van der Waals surface area (Å²) in [6.07, 6.45) is 18.3. The molecular formula is C18H34O3. The van der Waals surface area contributed by atoms with E-state index in [1.54, 1.807) is 0 Å². The molecule has 3 nitrogen and oxygen atoms in total. The minimum Gasteiger partial charge on any atom is -0.479 e. The van der Waals surface area contributed by atoms with E-state index in [4.69, 9.17) is 10.2 Å². The lowest BCUT2D eigenvalue weighted by Gasteiger charge is -2.04. The maximum atomic E-state index is 10.4. The SMILES string of the molecule is CCCCCCCC/C=C/CCCCCC[C@H](O)C(=O)O. The lowest BCUT2D eigenvalue weighted by molar-refractivity contribution is -0.146. The molecule has 0 fully saturated rings. The summed E-state index contributed by atoms with van der Waals surface area (Å²) in [7, 11) is 0. The molecule has 0 saturated heterocycles. The molecule has 124 valence electrons. The highest BCUT2D eigenvalue weighted by atomic mass is 16.4. The summed E-state index contributed by atoms with van der Waals surface area (Å²) in [5.74, 6) is -1.10. The van der Waals surface area contributed by atoms with Crippen LogP contribution in [0.1, 0.15) is 90.4 Å². The monoisotopic (exact) mass is 298 g/mol. The number of hydrogen-bond donors (Lipinski definition) is 2. The topological polar surface area (TPSA) is 57.5 Å². The number of carboxylic acids is 1. The zero-order valence-electron chi connectivity index (χ0n) is 13.7. The maximum absolute atomic E-state index is 10.4. The van der Waals surface area contributed by atoms with Gasteiger partial charge in [-0.2, -0.15) is 0 Å². The molecule has 0 aliphatic carbocycles. The van der Waals surface area contributed by atoms with Gasteiger partial charge in [0.15, 0.2) is 6.10 Å². The largest absolute Gasteiger partial charge is 0.479 e. The minimum absolute atomic E-state index is 0.378. The Morgan fingerprint density at radius 2 is 1.33 bits per heavy atom. The summed E-state index contributed by atoms with van der Waals surface area (Å²) in [5, 5.41) is 17.6. The Morgan fingerprint density at radius 3 is 1.86 bits per heavy atom. The number of carbonyl (C=O) groups is 1. The van der Waals surface area contributed by atoms with Crippen molar-refractivity contribution in [3.63, 3.8) is 0 Å². The fourth-order valence-corrected chi connectivity index (χ4v) is 2.36. The van der Waals surface area contributed by atoms with Crippen LogP contribution in [-0.2, 0) is 4.79 Å². The molecule has 0 aromatic heterocycles. The molecule has 0 spiro atoms. The quantitative estimate of drug-likeness (QED) is 0.327. The molecule has 0 rings (SSSR count). The van der Waals surface area contributed by atoms with Gasteiger partial charge >= 0.3 is 5.97 Å². The van der Waals surface area contributed by atoms with Crippen LogP contribution < -0.4 is 0 Å². The van der Waals surface area contributed by atoms with Crippen LogP contribution in [0.15, 0.2) is 12.2 Å². The second kappa shape index (κ2) is 15.6. The summed E-state index contributed by atoms with van der Waals surface area (Å²) >= 11 is 0. The summed E-state index contributed by atoms with van der Waals surface area (Å²) in [4.78, 5) is 10.4. The highest BCUT2D eigenvalue weighted by molar-refractivity contribution is 5.71. The average molecular weight is 298 g/mol. The van der Waals surface area contributed by atoms with Gasteiger partial charge in [0.05, 0.1) is 0 Å². The number of unbranched alkanes of at least 4 members (excludes halogenated alkanes) is 10. The van der Waals surface area contributed by atoms with Crippen molar-refractivity contribution in [1.82, 2.24) is 0 Å². The number of aliphatic hydroxyl groups is 1. The Balaban J connectivity index is 3.17. The molecule has 0 amide bonds. The zero-order chi connectivity index (χ0) is 15.8. The van der Waals surface area contributed by atoms with Crippen molar-refractivity contribution in [2.75, 3.05) is 0 Å². The summed E-state index contributed by atoms with van der Waals surface area (Å²) < 4.78 is 0. The Bertz CT molecular complexity index is 261. The molecule has 0 aromatic carbocycles. The highest BCUT2D eigenvalue weighted by Gasteiger charge is 2.11. The Labute approximate surface area is 130 Å². The lowest BCUT2D eigenvalue weighted by atomic mass is 10.1. The van der Waals surface area contributed by atoms with Crippen molar-refractivity contribution in [3.8, 4) is 0 Å². The van der Waals surface area contributed by atoms with Crippen LogP contribution in [0.5, 0.6) is 0 Å². The Hall–Kier alpha value is -0.830. The molecule has 0 bridgehead atoms. The van der Waals surface area contributed by atoms with Crippen LogP contribution in [-0.4, -0.2) is 22.3 Å². The number of aliphatic carboxylic acids is 1. The highest BCUT2D eigenvalue weighted by Crippen LogP contribution is 2.10. The van der Waals surface area contributed by atoms with Crippen molar-refractivity contribution >= 4 is 5.97 Å². The van der Waals surface area contributed by atoms with E-state index in [9.17, 15) is 4.79 Å². The molecule has 0 aliphatic rings. The molecule has 0 radical (unpaired) electrons. The van der Waals surface area contributed by atoms with Crippen LogP contribution in [0.25, 0.3) is 0 Å². The van der Waals surface area contributed by atoms with E-state index in [0.29, 0.717) is 6.42 Å². The number of allylic oxidation sites excluding steroid dienone is 2. The van der Waals surface area contributed by atoms with Gasteiger partial charge in [0.1, 0.15) is 0 Å². The molecule has 0 aliphatic heterocycles. The van der Waals surface area contributed by atoms with Crippen LogP contribution in [0.2, 0.25) is 0 Å². The predicted molar refractivity (Wildman–Crippen MR) is 88.5 cm³/mol. The minimum atomic E-state index is -1.18. The summed E-state index contributed by atoms with van der Waals surface area (Å²) in [6, 6.07) is 0. The molecule has 0 aromatic rings. The van der Waals surface area contributed by atoms with Crippen molar-refractivity contribution in [2.24, 2.45) is 0 Å². The molecule has 21 heavy (non-hydrogen) atoms. The average Bonchev–Trinajstić information content (AvgIpc) is 2.47. The maximum Gasteiger partial charge on any atom is 0.332 e. The lowest BCUT2D eigenvalue weighted by Crippen LogP contribution is -2.18. The summed E-state index contributed by atoms with van der Waals surface area (Å²) in [6.45, 7) is 2.25. The fourth-order valence-electron chi connectivity index (χ4n) is 2.36. The Morgan fingerprint density at radius 1 is 0.857 bits per heavy atom. The van der Waals surface area contributed by atoms with E-state index in [2.05, 4.69) is 19.1 Å². The smallest absolute Gasteiger partial charge is 0.332 e. The van der Waals surface area contributed by atoms with Crippen molar-refractivity contribution in [3.05, 3.63) is 12.2 Å². The van der Waals surface area contributed by atoms with E-state index in [0.717, 1.165) is 32.1 Å². The first-order valence-corrected chi connectivity index (χ1v) is 8.74. The molecule has 0 heterocycles. The molecule has 0 unspecified atom stereocenters. The molecule has 1 atom stereocenters. The standard InChI is InChI=1S/C18H34O3/c1-2-3-4-5-6-7-8-9-10-11-12-13-14-15-16-17(19)18(20)21/h9-10,17,19H,2-8,11-16H2,1H3,(H,20,21)/b10-9+/t17-/m0/s1. The van der Waals surface area contributed by atoms with Gasteiger partial charge in [-0.05, 0) is 32.1 Å². The van der Waals surface area contributed by atoms with Crippen molar-refractivity contribution in [2.45, 2.75) is 96.5 Å². The van der Waals surface area contributed by atoms with Gasteiger partial charge in [0, 0.05) is 0 Å². The first-order valence-electron chi connectivity index (χ1n) is 8.74. The van der Waals surface area contributed by atoms with Crippen LogP contribution in [0.3, 0.4) is 0 Å². The number of rotatable bonds is 15. The molecule has 3 heteroatoms. The molecule has 0 saturated carbocycles. The molecular weight excluding hydrogens is 264 g/mol. The van der Waals surface area contributed by atoms with E-state index in [1.807, 2.05) is 0 Å². The molecule has 2 N–H and O–H groups in total. The van der Waals surface area contributed by atoms with Crippen LogP contribution >= 0.6 is 0 Å². The van der Waals surface area contributed by atoms with Crippen molar-refractivity contribution in [1.29, 1.82) is 0 Å². The van der Waals surface area contributed by atoms with E-state index in [-0.39, 0.29) is 0 Å². The third-order valence-electron chi connectivity index (χ3n) is 3.77. The third-order valence-corrected chi connectivity index (χ3v) is 3.77. The van der Waals surface area contributed by atoms with Crippen molar-refractivity contribution < 1.29 is 15.0 Å². The number of carboxylic acid groups (broad SMARTS) is 1. The van der Waals surface area contributed by atoms with E-state index < -0.39 is 12.1 Å². The zero-order valence-corrected chi connectivity index (χ0v) is 13.7. The van der Waals surface area contributed by atoms with Gasteiger partial charge in [-0.3, -0.25) is 0 Å². The van der Waals surface area contributed by atoms with E-state index in [1.165, 1.54) is 44.9 Å². The van der Waals surface area contributed by atoms with Gasteiger partial charge in [0.25, 0.3) is 0 Å². The number of hydrogen-bond acceptors (Lipinski definition) is 2. The number of aliphatic hydroxyl groups excluding tert-OH is 1. The van der Waals surface area contributed by atoms with Gasteiger partial charge in [-0.25, -0.2) is 4.79 Å². The first kappa shape index (κ1) is 20.2. The second-order valence-corrected chi connectivity index (χ2v) is 5.87.